The summed E-state index contributed by atoms with van der Waals surface area (Å²) < 4.78 is 9.94. The summed E-state index contributed by atoms with van der Waals surface area (Å²) in [6.07, 6.45) is -0.645. The van der Waals surface area contributed by atoms with E-state index in [0.717, 1.165) is 11.3 Å². The Morgan fingerprint density at radius 1 is 1.25 bits per heavy atom. The van der Waals surface area contributed by atoms with Crippen LogP contribution in [0.15, 0.2) is 10.5 Å². The molecule has 1 aromatic rings. The Bertz CT molecular complexity index is 934. The minimum Gasteiger partial charge on any atom is -0.457 e. The largest absolute Gasteiger partial charge is 0.457 e. The van der Waals surface area contributed by atoms with Gasteiger partial charge in [0.05, 0.1) is 0 Å². The minimum atomic E-state index is -1.57. The quantitative estimate of drug-likeness (QED) is 0.136. The fourth-order valence-corrected chi connectivity index (χ4v) is 2.83. The number of thiazole rings is 1. The number of rotatable bonds is 10. The van der Waals surface area contributed by atoms with Crippen LogP contribution >= 0.6 is 11.3 Å². The SMILES string of the molecule is CC(C)(C)OC(=O)C(C)(C)O/N=C(\C(=O)N[C@@H]1C(=O)N[C@@H]1OC=O)c1csc(NC=O)n1. The van der Waals surface area contributed by atoms with Gasteiger partial charge in [-0.25, -0.2) is 9.78 Å². The zero-order valence-electron chi connectivity index (χ0n) is 18.0. The summed E-state index contributed by atoms with van der Waals surface area (Å²) in [7, 11) is 0. The molecule has 2 atom stereocenters. The van der Waals surface area contributed by atoms with Crippen molar-refractivity contribution in [3.63, 3.8) is 0 Å². The van der Waals surface area contributed by atoms with E-state index in [2.05, 4.69) is 30.8 Å². The van der Waals surface area contributed by atoms with Gasteiger partial charge in [0.25, 0.3) is 18.3 Å². The van der Waals surface area contributed by atoms with Crippen LogP contribution in [0.4, 0.5) is 5.13 Å². The fraction of sp³-hybridized carbons (Fsp3) is 0.500. The van der Waals surface area contributed by atoms with Gasteiger partial charge in [0, 0.05) is 5.38 Å². The molecule has 13 nitrogen and oxygen atoms in total. The maximum Gasteiger partial charge on any atom is 0.353 e. The molecule has 0 radical (unpaired) electrons. The summed E-state index contributed by atoms with van der Waals surface area (Å²) in [6, 6.07) is -1.16. The van der Waals surface area contributed by atoms with Crippen LogP contribution < -0.4 is 16.0 Å². The predicted octanol–water partition coefficient (Wildman–Crippen LogP) is -0.334. The lowest BCUT2D eigenvalue weighted by molar-refractivity contribution is -0.179. The lowest BCUT2D eigenvalue weighted by atomic mass is 10.1. The number of hydrogen-bond acceptors (Lipinski definition) is 11. The molecule has 1 aliphatic heterocycles. The fourth-order valence-electron chi connectivity index (χ4n) is 2.18. The maximum atomic E-state index is 12.8. The second kappa shape index (κ2) is 9.72. The molecule has 0 spiro atoms. The highest BCUT2D eigenvalue weighted by Crippen LogP contribution is 2.20. The lowest BCUT2D eigenvalue weighted by Crippen LogP contribution is -2.70. The zero-order chi connectivity index (χ0) is 24.1. The molecular weight excluding hydrogens is 446 g/mol. The first-order valence-corrected chi connectivity index (χ1v) is 10.1. The Balaban J connectivity index is 2.28. The molecule has 2 heterocycles. The van der Waals surface area contributed by atoms with Crippen molar-refractivity contribution in [1.29, 1.82) is 0 Å². The van der Waals surface area contributed by atoms with E-state index in [1.54, 1.807) is 20.8 Å². The molecule has 2 rings (SSSR count). The Hall–Kier alpha value is -3.55. The molecule has 174 valence electrons. The van der Waals surface area contributed by atoms with Crippen LogP contribution in [0.2, 0.25) is 0 Å². The topological polar surface area (TPSA) is 174 Å². The molecule has 0 bridgehead atoms. The first kappa shape index (κ1) is 24.7. The van der Waals surface area contributed by atoms with Gasteiger partial charge in [0.2, 0.25) is 18.2 Å². The average molecular weight is 469 g/mol. The van der Waals surface area contributed by atoms with Crippen molar-refractivity contribution in [1.82, 2.24) is 15.6 Å². The monoisotopic (exact) mass is 469 g/mol. The molecule has 3 amide bonds. The van der Waals surface area contributed by atoms with E-state index >= 15 is 0 Å². The number of amides is 3. The Kier molecular flexibility index (Phi) is 7.51. The van der Waals surface area contributed by atoms with E-state index in [0.29, 0.717) is 6.41 Å². The molecule has 14 heteroatoms. The van der Waals surface area contributed by atoms with Gasteiger partial charge in [-0.05, 0) is 34.6 Å². The maximum absolute atomic E-state index is 12.8. The first-order chi connectivity index (χ1) is 14.9. The molecule has 1 aromatic heterocycles. The summed E-state index contributed by atoms with van der Waals surface area (Å²) in [5.74, 6) is -2.21. The second-order valence-corrected chi connectivity index (χ2v) is 8.81. The van der Waals surface area contributed by atoms with Gasteiger partial charge in [-0.3, -0.25) is 19.2 Å². The van der Waals surface area contributed by atoms with Crippen LogP contribution in [0.1, 0.15) is 40.3 Å². The number of β-lactam (4-membered cyclic amide) rings is 1. The Morgan fingerprint density at radius 3 is 2.50 bits per heavy atom. The average Bonchev–Trinajstić information content (AvgIpc) is 3.13. The number of esters is 1. The molecule has 1 saturated heterocycles. The van der Waals surface area contributed by atoms with Crippen LogP contribution in [-0.4, -0.2) is 64.8 Å². The molecule has 0 aromatic carbocycles. The number of carbonyl (C=O) groups excluding carboxylic acids is 5. The summed E-state index contributed by atoms with van der Waals surface area (Å²) in [5, 5.41) is 12.4. The van der Waals surface area contributed by atoms with Gasteiger partial charge in [0.15, 0.2) is 16.9 Å². The van der Waals surface area contributed by atoms with Crippen molar-refractivity contribution >= 4 is 52.8 Å². The molecule has 0 aliphatic carbocycles. The number of hydrogen-bond donors (Lipinski definition) is 3. The molecule has 3 N–H and O–H groups in total. The van der Waals surface area contributed by atoms with Crippen molar-refractivity contribution in [2.24, 2.45) is 5.16 Å². The van der Waals surface area contributed by atoms with Gasteiger partial charge >= 0.3 is 5.97 Å². The summed E-state index contributed by atoms with van der Waals surface area (Å²) >= 11 is 1.00. The molecule has 0 unspecified atom stereocenters. The number of carbonyl (C=O) groups is 5. The van der Waals surface area contributed by atoms with Gasteiger partial charge in [-0.15, -0.1) is 11.3 Å². The highest BCUT2D eigenvalue weighted by Gasteiger charge is 2.43. The van der Waals surface area contributed by atoms with Gasteiger partial charge in [-0.1, -0.05) is 5.16 Å². The number of ether oxygens (including phenoxy) is 2. The van der Waals surface area contributed by atoms with E-state index in [4.69, 9.17) is 9.57 Å². The number of oxime groups is 1. The van der Waals surface area contributed by atoms with E-state index < -0.39 is 41.3 Å². The highest BCUT2D eigenvalue weighted by molar-refractivity contribution is 7.14. The Morgan fingerprint density at radius 2 is 1.94 bits per heavy atom. The third kappa shape index (κ3) is 6.23. The summed E-state index contributed by atoms with van der Waals surface area (Å²) in [6.45, 7) is 7.97. The van der Waals surface area contributed by atoms with E-state index in [1.165, 1.54) is 19.2 Å². The van der Waals surface area contributed by atoms with Gasteiger partial charge in [0.1, 0.15) is 11.3 Å². The first-order valence-electron chi connectivity index (χ1n) is 9.24. The number of nitrogens with zero attached hydrogens (tertiary/aromatic N) is 2. The van der Waals surface area contributed by atoms with Crippen LogP contribution in [0.5, 0.6) is 0 Å². The van der Waals surface area contributed by atoms with E-state index in [1.807, 2.05) is 0 Å². The van der Waals surface area contributed by atoms with Crippen molar-refractivity contribution in [2.45, 2.75) is 58.1 Å². The number of anilines is 1. The molecule has 1 fully saturated rings. The highest BCUT2D eigenvalue weighted by atomic mass is 32.1. The zero-order valence-corrected chi connectivity index (χ0v) is 18.8. The third-order valence-corrected chi connectivity index (χ3v) is 4.53. The van der Waals surface area contributed by atoms with Crippen LogP contribution in [0.25, 0.3) is 0 Å². The van der Waals surface area contributed by atoms with Gasteiger partial charge in [-0.2, -0.15) is 0 Å². The van der Waals surface area contributed by atoms with Crippen LogP contribution in [0.3, 0.4) is 0 Å². The van der Waals surface area contributed by atoms with Crippen LogP contribution in [0, 0.1) is 0 Å². The van der Waals surface area contributed by atoms with Crippen molar-refractivity contribution in [3.8, 4) is 0 Å². The van der Waals surface area contributed by atoms with Crippen molar-refractivity contribution in [2.75, 3.05) is 5.32 Å². The number of aromatic nitrogens is 1. The smallest absolute Gasteiger partial charge is 0.353 e. The molecule has 32 heavy (non-hydrogen) atoms. The summed E-state index contributed by atoms with van der Waals surface area (Å²) in [5.41, 5.74) is -2.74. The summed E-state index contributed by atoms with van der Waals surface area (Å²) in [4.78, 5) is 67.5. The second-order valence-electron chi connectivity index (χ2n) is 7.96. The van der Waals surface area contributed by atoms with Crippen molar-refractivity contribution < 1.29 is 38.3 Å². The lowest BCUT2D eigenvalue weighted by Gasteiger charge is -2.34. The molecule has 0 saturated carbocycles. The minimum absolute atomic E-state index is 0.00410. The standard InChI is InChI=1S/C18H23N5O8S/c1-17(2,3)30-15(28)18(4,5)31-23-10(9-6-32-16(20-9)19-7-24)12(26)21-11-13(27)22-14(11)29-8-25/h6-8,11,14H,1-5H3,(H,21,26)(H,22,27)(H,19,20,24)/b23-10-/t11-,14-/m1/s1. The van der Waals surface area contributed by atoms with E-state index in [9.17, 15) is 24.0 Å². The Labute approximate surface area is 186 Å². The van der Waals surface area contributed by atoms with Crippen LogP contribution in [-0.2, 0) is 38.3 Å². The van der Waals surface area contributed by atoms with Crippen molar-refractivity contribution in [3.05, 3.63) is 11.1 Å². The third-order valence-electron chi connectivity index (χ3n) is 3.76. The predicted molar refractivity (Wildman–Crippen MR) is 110 cm³/mol. The van der Waals surface area contributed by atoms with Gasteiger partial charge < -0.3 is 30.3 Å². The molecule has 1 aliphatic rings. The normalized spacial score (nSPS) is 18.5. The number of nitrogens with one attached hydrogen (secondary N) is 3. The van der Waals surface area contributed by atoms with E-state index in [-0.39, 0.29) is 23.0 Å². The molecular formula is C18H23N5O8S.